The SMILES string of the molecule is CC(C)(C)OC(=O)N1CCCC1c1cc(F)cnc1CCCCNc1ncnc2ccc(Cl)nc12. The number of halogens is 2. The Morgan fingerprint density at radius 3 is 2.89 bits per heavy atom. The van der Waals surface area contributed by atoms with Crippen molar-refractivity contribution in [3.8, 4) is 0 Å². The minimum atomic E-state index is -0.587. The molecule has 8 nitrogen and oxygen atoms in total. The number of carbonyl (C=O) groups is 1. The van der Waals surface area contributed by atoms with Crippen LogP contribution in [0.4, 0.5) is 15.0 Å². The van der Waals surface area contributed by atoms with Crippen molar-refractivity contribution in [3.05, 3.63) is 53.0 Å². The number of hydrogen-bond donors (Lipinski definition) is 1. The zero-order valence-corrected chi connectivity index (χ0v) is 21.0. The molecule has 4 heterocycles. The molecule has 0 aromatic carbocycles. The Morgan fingerprint density at radius 1 is 1.26 bits per heavy atom. The van der Waals surface area contributed by atoms with E-state index in [0.29, 0.717) is 36.0 Å². The third-order valence-electron chi connectivity index (χ3n) is 5.79. The standard InChI is InChI=1S/C25H30ClFN6O2/c1-25(2,3)35-24(34)33-12-6-8-20(33)17-13-16(27)14-29-18(17)7-4-5-11-28-23-22-19(30-15-31-23)9-10-21(26)32-22/h9-10,13-15,20H,4-8,11-12H2,1-3H3,(H,28,30,31). The van der Waals surface area contributed by atoms with E-state index in [9.17, 15) is 9.18 Å². The van der Waals surface area contributed by atoms with E-state index >= 15 is 0 Å². The first-order valence-electron chi connectivity index (χ1n) is 11.9. The molecule has 1 aliphatic rings. The Hall–Kier alpha value is -3.07. The molecule has 0 spiro atoms. The van der Waals surface area contributed by atoms with E-state index in [2.05, 4.69) is 25.3 Å². The molecular weight excluding hydrogens is 471 g/mol. The quantitative estimate of drug-likeness (QED) is 0.327. The molecule has 10 heteroatoms. The summed E-state index contributed by atoms with van der Waals surface area (Å²) in [4.78, 5) is 31.6. The van der Waals surface area contributed by atoms with Gasteiger partial charge in [0.15, 0.2) is 5.82 Å². The van der Waals surface area contributed by atoms with E-state index in [4.69, 9.17) is 16.3 Å². The largest absolute Gasteiger partial charge is 0.444 e. The van der Waals surface area contributed by atoms with Gasteiger partial charge in [0, 0.05) is 18.8 Å². The smallest absolute Gasteiger partial charge is 0.410 e. The van der Waals surface area contributed by atoms with Crippen LogP contribution >= 0.6 is 11.6 Å². The molecule has 186 valence electrons. The number of pyridine rings is 2. The normalized spacial score (nSPS) is 16.0. The number of unbranched alkanes of at least 4 members (excludes halogenated alkanes) is 1. The topological polar surface area (TPSA) is 93.1 Å². The van der Waals surface area contributed by atoms with Crippen molar-refractivity contribution in [2.45, 2.75) is 64.5 Å². The summed E-state index contributed by atoms with van der Waals surface area (Å²) in [7, 11) is 0. The van der Waals surface area contributed by atoms with Crippen molar-refractivity contribution in [1.82, 2.24) is 24.8 Å². The second-order valence-electron chi connectivity index (χ2n) is 9.63. The molecule has 1 amide bonds. The highest BCUT2D eigenvalue weighted by molar-refractivity contribution is 6.29. The maximum atomic E-state index is 14.2. The molecule has 0 radical (unpaired) electrons. The summed E-state index contributed by atoms with van der Waals surface area (Å²) in [6, 6.07) is 4.78. The number of rotatable bonds is 7. The van der Waals surface area contributed by atoms with Crippen molar-refractivity contribution < 1.29 is 13.9 Å². The van der Waals surface area contributed by atoms with Crippen LogP contribution in [-0.2, 0) is 11.2 Å². The number of carbonyl (C=O) groups excluding carboxylic acids is 1. The number of aromatic nitrogens is 4. The summed E-state index contributed by atoms with van der Waals surface area (Å²) in [5.74, 6) is 0.236. The summed E-state index contributed by atoms with van der Waals surface area (Å²) in [6.45, 7) is 6.78. The van der Waals surface area contributed by atoms with Gasteiger partial charge in [-0.05, 0) is 76.6 Å². The number of nitrogens with one attached hydrogen (secondary N) is 1. The molecular formula is C25H30ClFN6O2. The Kier molecular flexibility index (Phi) is 7.64. The minimum Gasteiger partial charge on any atom is -0.444 e. The van der Waals surface area contributed by atoms with Gasteiger partial charge in [-0.3, -0.25) is 4.98 Å². The van der Waals surface area contributed by atoms with Gasteiger partial charge in [0.1, 0.15) is 28.4 Å². The van der Waals surface area contributed by atoms with Gasteiger partial charge in [-0.1, -0.05) is 11.6 Å². The molecule has 0 aliphatic carbocycles. The highest BCUT2D eigenvalue weighted by Gasteiger charge is 2.34. The molecule has 1 saturated heterocycles. The van der Waals surface area contributed by atoms with Gasteiger partial charge in [-0.25, -0.2) is 24.1 Å². The Labute approximate surface area is 209 Å². The van der Waals surface area contributed by atoms with Gasteiger partial charge in [0.25, 0.3) is 0 Å². The van der Waals surface area contributed by atoms with Crippen molar-refractivity contribution in [3.63, 3.8) is 0 Å². The Bertz CT molecular complexity index is 1200. The van der Waals surface area contributed by atoms with E-state index in [1.54, 1.807) is 11.0 Å². The molecule has 0 saturated carbocycles. The lowest BCUT2D eigenvalue weighted by Crippen LogP contribution is -2.36. The number of ether oxygens (including phenoxy) is 1. The third kappa shape index (κ3) is 6.33. The molecule has 1 atom stereocenters. The summed E-state index contributed by atoms with van der Waals surface area (Å²) in [5, 5.41) is 3.69. The average Bonchev–Trinajstić information content (AvgIpc) is 3.29. The first kappa shape index (κ1) is 25.0. The van der Waals surface area contributed by atoms with Gasteiger partial charge in [-0.15, -0.1) is 0 Å². The van der Waals surface area contributed by atoms with Crippen LogP contribution in [0, 0.1) is 5.82 Å². The van der Waals surface area contributed by atoms with Gasteiger partial charge in [0.2, 0.25) is 0 Å². The first-order valence-corrected chi connectivity index (χ1v) is 12.2. The fourth-order valence-corrected chi connectivity index (χ4v) is 4.43. The lowest BCUT2D eigenvalue weighted by Gasteiger charge is -2.29. The number of amides is 1. The van der Waals surface area contributed by atoms with Crippen LogP contribution in [0.2, 0.25) is 5.15 Å². The lowest BCUT2D eigenvalue weighted by molar-refractivity contribution is 0.0223. The van der Waals surface area contributed by atoms with Crippen LogP contribution in [0.15, 0.2) is 30.7 Å². The van der Waals surface area contributed by atoms with Crippen molar-refractivity contribution >= 4 is 34.5 Å². The van der Waals surface area contributed by atoms with E-state index in [-0.39, 0.29) is 12.1 Å². The van der Waals surface area contributed by atoms with Gasteiger partial charge >= 0.3 is 6.09 Å². The zero-order chi connectivity index (χ0) is 25.0. The highest BCUT2D eigenvalue weighted by atomic mass is 35.5. The molecule has 35 heavy (non-hydrogen) atoms. The summed E-state index contributed by atoms with van der Waals surface area (Å²) < 4.78 is 19.7. The summed E-state index contributed by atoms with van der Waals surface area (Å²) in [6.07, 6.45) is 6.30. The van der Waals surface area contributed by atoms with Crippen molar-refractivity contribution in [2.24, 2.45) is 0 Å². The number of anilines is 1. The Balaban J connectivity index is 1.38. The molecule has 1 unspecified atom stereocenters. The molecule has 4 rings (SSSR count). The van der Waals surface area contributed by atoms with Gasteiger partial charge in [0.05, 0.1) is 17.8 Å². The first-order chi connectivity index (χ1) is 16.7. The zero-order valence-electron chi connectivity index (χ0n) is 20.2. The van der Waals surface area contributed by atoms with E-state index in [1.165, 1.54) is 18.6 Å². The maximum Gasteiger partial charge on any atom is 0.410 e. The fourth-order valence-electron chi connectivity index (χ4n) is 4.28. The molecule has 0 bridgehead atoms. The van der Waals surface area contributed by atoms with Crippen LogP contribution < -0.4 is 5.32 Å². The molecule has 3 aromatic rings. The lowest BCUT2D eigenvalue weighted by atomic mass is 9.99. The third-order valence-corrected chi connectivity index (χ3v) is 6.00. The number of nitrogens with zero attached hydrogens (tertiary/aromatic N) is 5. The number of hydrogen-bond acceptors (Lipinski definition) is 7. The van der Waals surface area contributed by atoms with Crippen LogP contribution in [0.5, 0.6) is 0 Å². The van der Waals surface area contributed by atoms with Crippen LogP contribution in [-0.4, -0.2) is 49.6 Å². The van der Waals surface area contributed by atoms with Crippen molar-refractivity contribution in [1.29, 1.82) is 0 Å². The van der Waals surface area contributed by atoms with Crippen LogP contribution in [0.1, 0.15) is 63.8 Å². The minimum absolute atomic E-state index is 0.232. The van der Waals surface area contributed by atoms with Crippen LogP contribution in [0.3, 0.4) is 0 Å². The molecule has 3 aromatic heterocycles. The average molecular weight is 501 g/mol. The van der Waals surface area contributed by atoms with Crippen molar-refractivity contribution in [2.75, 3.05) is 18.4 Å². The second-order valence-corrected chi connectivity index (χ2v) is 10.0. The fraction of sp³-hybridized carbons (Fsp3) is 0.480. The number of fused-ring (bicyclic) bond motifs is 1. The monoisotopic (exact) mass is 500 g/mol. The maximum absolute atomic E-state index is 14.2. The van der Waals surface area contributed by atoms with E-state index in [1.807, 2.05) is 26.8 Å². The predicted octanol–water partition coefficient (Wildman–Crippen LogP) is 5.72. The van der Waals surface area contributed by atoms with Crippen LogP contribution in [0.25, 0.3) is 11.0 Å². The van der Waals surface area contributed by atoms with Gasteiger partial charge < -0.3 is 15.0 Å². The number of likely N-dealkylation sites (tertiary alicyclic amines) is 1. The summed E-state index contributed by atoms with van der Waals surface area (Å²) in [5.41, 5.74) is 2.34. The molecule has 1 N–H and O–H groups in total. The summed E-state index contributed by atoms with van der Waals surface area (Å²) >= 11 is 6.02. The second kappa shape index (κ2) is 10.7. The number of aryl methyl sites for hydroxylation is 1. The van der Waals surface area contributed by atoms with Gasteiger partial charge in [-0.2, -0.15) is 0 Å². The molecule has 1 aliphatic heterocycles. The highest BCUT2D eigenvalue weighted by Crippen LogP contribution is 2.35. The molecule has 1 fully saturated rings. The Morgan fingerprint density at radius 2 is 2.09 bits per heavy atom. The predicted molar refractivity (Wildman–Crippen MR) is 133 cm³/mol. The van der Waals surface area contributed by atoms with E-state index < -0.39 is 11.4 Å². The van der Waals surface area contributed by atoms with E-state index in [0.717, 1.165) is 42.5 Å².